The van der Waals surface area contributed by atoms with Crippen molar-refractivity contribution >= 4 is 16.5 Å². The summed E-state index contributed by atoms with van der Waals surface area (Å²) >= 11 is 1.86. The second-order valence-corrected chi connectivity index (χ2v) is 6.94. The molecule has 2 rings (SSSR count). The van der Waals surface area contributed by atoms with E-state index in [1.54, 1.807) is 7.11 Å². The predicted octanol–water partition coefficient (Wildman–Crippen LogP) is 3.38. The van der Waals surface area contributed by atoms with Crippen LogP contribution in [-0.2, 0) is 11.3 Å². The van der Waals surface area contributed by atoms with Crippen molar-refractivity contribution in [2.75, 3.05) is 38.8 Å². The zero-order chi connectivity index (χ0) is 15.1. The van der Waals surface area contributed by atoms with Gasteiger partial charge in [-0.15, -0.1) is 11.3 Å². The van der Waals surface area contributed by atoms with Gasteiger partial charge in [0, 0.05) is 44.6 Å². The molecule has 0 saturated heterocycles. The van der Waals surface area contributed by atoms with Gasteiger partial charge in [-0.05, 0) is 19.3 Å². The minimum absolute atomic E-state index is 0.721. The van der Waals surface area contributed by atoms with Crippen LogP contribution in [0.25, 0.3) is 0 Å². The third kappa shape index (κ3) is 5.24. The molecule has 120 valence electrons. The van der Waals surface area contributed by atoms with E-state index in [4.69, 9.17) is 9.72 Å². The van der Waals surface area contributed by atoms with E-state index >= 15 is 0 Å². The van der Waals surface area contributed by atoms with Crippen LogP contribution in [0.3, 0.4) is 0 Å². The molecule has 0 aliphatic heterocycles. The molecule has 1 aliphatic rings. The maximum atomic E-state index is 5.09. The Kier molecular flexibility index (Phi) is 6.93. The molecule has 1 fully saturated rings. The lowest BCUT2D eigenvalue weighted by Gasteiger charge is -2.14. The lowest BCUT2D eigenvalue weighted by molar-refractivity contribution is 0.199. The summed E-state index contributed by atoms with van der Waals surface area (Å²) in [5, 5.41) is 4.65. The van der Waals surface area contributed by atoms with Crippen LogP contribution in [0.15, 0.2) is 0 Å². The van der Waals surface area contributed by atoms with Gasteiger partial charge in [-0.1, -0.05) is 19.8 Å². The highest BCUT2D eigenvalue weighted by molar-refractivity contribution is 7.15. The van der Waals surface area contributed by atoms with Crippen LogP contribution in [-0.4, -0.2) is 38.8 Å². The Balaban J connectivity index is 1.92. The predicted molar refractivity (Wildman–Crippen MR) is 90.5 cm³/mol. The second kappa shape index (κ2) is 8.71. The van der Waals surface area contributed by atoms with E-state index in [9.17, 15) is 0 Å². The Morgan fingerprint density at radius 1 is 1.38 bits per heavy atom. The second-order valence-electron chi connectivity index (χ2n) is 5.88. The van der Waals surface area contributed by atoms with Gasteiger partial charge in [-0.2, -0.15) is 0 Å². The molecule has 1 N–H and O–H groups in total. The molecule has 21 heavy (non-hydrogen) atoms. The number of ether oxygens (including phenoxy) is 1. The topological polar surface area (TPSA) is 37.4 Å². The summed E-state index contributed by atoms with van der Waals surface area (Å²) in [7, 11) is 3.92. The summed E-state index contributed by atoms with van der Waals surface area (Å²) in [6, 6.07) is 0. The van der Waals surface area contributed by atoms with E-state index in [0.29, 0.717) is 0 Å². The summed E-state index contributed by atoms with van der Waals surface area (Å²) in [5.74, 6) is 0.721. The van der Waals surface area contributed by atoms with Gasteiger partial charge < -0.3 is 15.0 Å². The first kappa shape index (κ1) is 16.7. The third-order valence-electron chi connectivity index (χ3n) is 3.87. The van der Waals surface area contributed by atoms with Gasteiger partial charge in [0.25, 0.3) is 0 Å². The molecule has 1 aromatic rings. The number of anilines is 1. The van der Waals surface area contributed by atoms with Crippen LogP contribution in [0.2, 0.25) is 0 Å². The standard InChI is InChI=1S/C16H29N3OS/c1-4-5-6-10-19(2)16-18-15(13-7-8-13)14(21-16)12-17-9-11-20-3/h13,17H,4-12H2,1-3H3. The molecule has 1 aromatic heterocycles. The smallest absolute Gasteiger partial charge is 0.185 e. The van der Waals surface area contributed by atoms with E-state index in [2.05, 4.69) is 24.2 Å². The molecule has 0 atom stereocenters. The van der Waals surface area contributed by atoms with Crippen LogP contribution in [0.1, 0.15) is 55.5 Å². The van der Waals surface area contributed by atoms with Crippen molar-refractivity contribution in [3.05, 3.63) is 10.6 Å². The summed E-state index contributed by atoms with van der Waals surface area (Å²) in [6.45, 7) is 5.96. The van der Waals surface area contributed by atoms with Gasteiger partial charge in [0.05, 0.1) is 12.3 Å². The van der Waals surface area contributed by atoms with Crippen molar-refractivity contribution in [2.45, 2.75) is 51.5 Å². The van der Waals surface area contributed by atoms with Crippen molar-refractivity contribution in [1.82, 2.24) is 10.3 Å². The molecule has 4 nitrogen and oxygen atoms in total. The summed E-state index contributed by atoms with van der Waals surface area (Å²) in [5.41, 5.74) is 1.35. The first-order chi connectivity index (χ1) is 10.3. The molecule has 5 heteroatoms. The average Bonchev–Trinajstić information content (AvgIpc) is 3.24. The molecular weight excluding hydrogens is 282 g/mol. The molecular formula is C16H29N3OS. The van der Waals surface area contributed by atoms with E-state index in [0.717, 1.165) is 32.2 Å². The van der Waals surface area contributed by atoms with Gasteiger partial charge >= 0.3 is 0 Å². The number of unbranched alkanes of at least 4 members (excludes halogenated alkanes) is 2. The number of thiazole rings is 1. The largest absolute Gasteiger partial charge is 0.383 e. The van der Waals surface area contributed by atoms with E-state index in [1.807, 2.05) is 11.3 Å². The number of hydrogen-bond acceptors (Lipinski definition) is 5. The highest BCUT2D eigenvalue weighted by Gasteiger charge is 2.30. The Hall–Kier alpha value is -0.650. The van der Waals surface area contributed by atoms with Crippen molar-refractivity contribution in [3.8, 4) is 0 Å². The molecule has 0 unspecified atom stereocenters. The Labute approximate surface area is 132 Å². The zero-order valence-electron chi connectivity index (χ0n) is 13.7. The molecule has 1 aliphatic carbocycles. The monoisotopic (exact) mass is 311 g/mol. The first-order valence-electron chi connectivity index (χ1n) is 8.16. The van der Waals surface area contributed by atoms with Gasteiger partial charge in [-0.3, -0.25) is 0 Å². The van der Waals surface area contributed by atoms with Crippen LogP contribution in [0.4, 0.5) is 5.13 Å². The fourth-order valence-corrected chi connectivity index (χ4v) is 3.49. The molecule has 0 radical (unpaired) electrons. The van der Waals surface area contributed by atoms with Crippen LogP contribution >= 0.6 is 11.3 Å². The van der Waals surface area contributed by atoms with Crippen molar-refractivity contribution in [1.29, 1.82) is 0 Å². The molecule has 1 saturated carbocycles. The van der Waals surface area contributed by atoms with Gasteiger partial charge in [0.15, 0.2) is 5.13 Å². The van der Waals surface area contributed by atoms with Crippen molar-refractivity contribution in [3.63, 3.8) is 0 Å². The molecule has 0 bridgehead atoms. The first-order valence-corrected chi connectivity index (χ1v) is 8.98. The van der Waals surface area contributed by atoms with Crippen LogP contribution in [0, 0.1) is 0 Å². The number of nitrogens with zero attached hydrogens (tertiary/aromatic N) is 2. The average molecular weight is 311 g/mol. The normalized spacial score (nSPS) is 14.6. The lowest BCUT2D eigenvalue weighted by atomic mass is 10.2. The van der Waals surface area contributed by atoms with Gasteiger partial charge in [0.2, 0.25) is 0 Å². The third-order valence-corrected chi connectivity index (χ3v) is 5.06. The summed E-state index contributed by atoms with van der Waals surface area (Å²) in [4.78, 5) is 8.67. The van der Waals surface area contributed by atoms with Crippen molar-refractivity contribution < 1.29 is 4.74 Å². The highest BCUT2D eigenvalue weighted by Crippen LogP contribution is 2.44. The Bertz CT molecular complexity index is 418. The van der Waals surface area contributed by atoms with Crippen LogP contribution < -0.4 is 10.2 Å². The highest BCUT2D eigenvalue weighted by atomic mass is 32.1. The number of hydrogen-bond donors (Lipinski definition) is 1. The zero-order valence-corrected chi connectivity index (χ0v) is 14.5. The SMILES string of the molecule is CCCCCN(C)c1nc(C2CC2)c(CNCCOC)s1. The van der Waals surface area contributed by atoms with Gasteiger partial charge in [0.1, 0.15) is 0 Å². The molecule has 0 spiro atoms. The van der Waals surface area contributed by atoms with E-state index in [-0.39, 0.29) is 0 Å². The number of rotatable bonds is 11. The van der Waals surface area contributed by atoms with Crippen molar-refractivity contribution in [2.24, 2.45) is 0 Å². The van der Waals surface area contributed by atoms with E-state index in [1.165, 1.54) is 47.8 Å². The number of methoxy groups -OCH3 is 1. The molecule has 1 heterocycles. The van der Waals surface area contributed by atoms with Crippen LogP contribution in [0.5, 0.6) is 0 Å². The maximum absolute atomic E-state index is 5.09. The number of nitrogens with one attached hydrogen (secondary N) is 1. The number of aromatic nitrogens is 1. The minimum Gasteiger partial charge on any atom is -0.383 e. The van der Waals surface area contributed by atoms with Gasteiger partial charge in [-0.25, -0.2) is 4.98 Å². The fourth-order valence-electron chi connectivity index (χ4n) is 2.39. The maximum Gasteiger partial charge on any atom is 0.185 e. The fraction of sp³-hybridized carbons (Fsp3) is 0.812. The minimum atomic E-state index is 0.721. The quantitative estimate of drug-likeness (QED) is 0.636. The van der Waals surface area contributed by atoms with E-state index < -0.39 is 0 Å². The Morgan fingerprint density at radius 3 is 2.86 bits per heavy atom. The molecule has 0 amide bonds. The summed E-state index contributed by atoms with van der Waals surface area (Å²) < 4.78 is 5.09. The summed E-state index contributed by atoms with van der Waals surface area (Å²) in [6.07, 6.45) is 6.46. The molecule has 0 aromatic carbocycles. The Morgan fingerprint density at radius 2 is 2.19 bits per heavy atom. The lowest BCUT2D eigenvalue weighted by Crippen LogP contribution is -2.18.